The van der Waals surface area contributed by atoms with E-state index in [4.69, 9.17) is 0 Å². The summed E-state index contributed by atoms with van der Waals surface area (Å²) in [5, 5.41) is 15.9. The van der Waals surface area contributed by atoms with Crippen molar-refractivity contribution in [1.82, 2.24) is 45.0 Å². The lowest BCUT2D eigenvalue weighted by Crippen LogP contribution is -2.30. The molecule has 7 rings (SSSR count). The second-order valence-electron chi connectivity index (χ2n) is 10.3. The maximum Gasteiger partial charge on any atom is 0.224 e. The fourth-order valence-electron chi connectivity index (χ4n) is 5.40. The van der Waals surface area contributed by atoms with Crippen LogP contribution in [0.3, 0.4) is 0 Å². The number of amides is 1. The van der Waals surface area contributed by atoms with Crippen molar-refractivity contribution in [3.05, 3.63) is 67.3 Å². The zero-order valence-electron chi connectivity index (χ0n) is 22.0. The Hall–Kier alpha value is -4.90. The number of nitrogens with zero attached hydrogens (tertiary/aromatic N) is 6. The maximum atomic E-state index is 12.7. The van der Waals surface area contributed by atoms with E-state index >= 15 is 0 Å². The Labute approximate surface area is 229 Å². The molecule has 4 N–H and O–H groups in total. The number of rotatable bonds is 6. The average molecular weight is 533 g/mol. The summed E-state index contributed by atoms with van der Waals surface area (Å²) in [6.45, 7) is 3.90. The van der Waals surface area contributed by atoms with Crippen LogP contribution in [-0.4, -0.2) is 58.7 Å². The minimum atomic E-state index is 0.0184. The summed E-state index contributed by atoms with van der Waals surface area (Å²) < 4.78 is 1.92. The number of hydrogen-bond acceptors (Lipinski definition) is 7. The Bertz CT molecular complexity index is 1840. The van der Waals surface area contributed by atoms with Crippen molar-refractivity contribution in [2.24, 2.45) is 5.92 Å². The molecule has 1 aliphatic rings. The van der Waals surface area contributed by atoms with E-state index < -0.39 is 0 Å². The van der Waals surface area contributed by atoms with Crippen molar-refractivity contribution in [3.63, 3.8) is 0 Å². The predicted octanol–water partition coefficient (Wildman–Crippen LogP) is 4.39. The van der Waals surface area contributed by atoms with Gasteiger partial charge in [-0.1, -0.05) is 0 Å². The normalized spacial score (nSPS) is 14.2. The van der Waals surface area contributed by atoms with E-state index in [0.717, 1.165) is 81.9 Å². The van der Waals surface area contributed by atoms with Gasteiger partial charge in [0.2, 0.25) is 5.91 Å². The number of aromatic nitrogens is 8. The van der Waals surface area contributed by atoms with Crippen LogP contribution in [0.25, 0.3) is 50.3 Å². The number of piperidine rings is 1. The molecule has 1 aliphatic heterocycles. The van der Waals surface area contributed by atoms with E-state index in [1.54, 1.807) is 31.1 Å². The number of fused-ring (bicyclic) bond motifs is 2. The second kappa shape index (κ2) is 10.0. The van der Waals surface area contributed by atoms with Crippen molar-refractivity contribution >= 4 is 33.4 Å². The molecule has 6 aromatic heterocycles. The van der Waals surface area contributed by atoms with E-state index in [0.29, 0.717) is 18.0 Å². The van der Waals surface area contributed by atoms with Crippen molar-refractivity contribution in [3.8, 4) is 28.5 Å². The van der Waals surface area contributed by atoms with Gasteiger partial charge in [0.15, 0.2) is 0 Å². The number of anilines is 1. The van der Waals surface area contributed by atoms with Crippen molar-refractivity contribution in [1.29, 1.82) is 0 Å². The summed E-state index contributed by atoms with van der Waals surface area (Å²) in [4.78, 5) is 34.1. The van der Waals surface area contributed by atoms with E-state index in [-0.39, 0.29) is 5.91 Å². The first-order valence-corrected chi connectivity index (χ1v) is 13.4. The van der Waals surface area contributed by atoms with Gasteiger partial charge in [-0.3, -0.25) is 24.4 Å². The highest BCUT2D eigenvalue weighted by Gasteiger charge is 2.18. The minimum absolute atomic E-state index is 0.0184. The van der Waals surface area contributed by atoms with Crippen LogP contribution in [0.1, 0.15) is 25.0 Å². The number of nitrogens with one attached hydrogen (secondary N) is 4. The smallest absolute Gasteiger partial charge is 0.224 e. The first-order valence-electron chi connectivity index (χ1n) is 13.4. The van der Waals surface area contributed by atoms with Crippen LogP contribution in [0.15, 0.2) is 61.6 Å². The van der Waals surface area contributed by atoms with Crippen LogP contribution in [0, 0.1) is 12.8 Å². The van der Waals surface area contributed by atoms with E-state index in [1.165, 1.54) is 0 Å². The standard InChI is InChI=1S/C29H28N10O/c1-17-15-39(16-34-17)29-22-11-25(36-23(22)4-7-32-29)28-21-10-24(33-14-26(21)37-38-28)19-9-20(13-31-12-19)35-27(40)8-18-2-5-30-6-3-18/h4,7,9-16,18,30,36H,2-3,5-6,8H2,1H3,(H,35,40)(H,37,38). The van der Waals surface area contributed by atoms with Crippen molar-refractivity contribution < 1.29 is 4.79 Å². The molecule has 1 saturated heterocycles. The van der Waals surface area contributed by atoms with Crippen LogP contribution >= 0.6 is 0 Å². The van der Waals surface area contributed by atoms with Crippen LogP contribution in [0.4, 0.5) is 5.69 Å². The van der Waals surface area contributed by atoms with Gasteiger partial charge in [-0.15, -0.1) is 0 Å². The zero-order valence-corrected chi connectivity index (χ0v) is 22.0. The van der Waals surface area contributed by atoms with Gasteiger partial charge in [0.1, 0.15) is 17.8 Å². The molecule has 0 radical (unpaired) electrons. The number of hydrogen-bond donors (Lipinski definition) is 4. The topological polar surface area (TPSA) is 142 Å². The largest absolute Gasteiger partial charge is 0.353 e. The van der Waals surface area contributed by atoms with Gasteiger partial charge in [0.25, 0.3) is 0 Å². The molecule has 1 amide bonds. The Kier molecular flexibility index (Phi) is 6.05. The number of aromatic amines is 2. The second-order valence-corrected chi connectivity index (χ2v) is 10.3. The molecule has 200 valence electrons. The highest BCUT2D eigenvalue weighted by Crippen LogP contribution is 2.32. The Balaban J connectivity index is 1.19. The molecule has 40 heavy (non-hydrogen) atoms. The number of aryl methyl sites for hydroxylation is 1. The molecule has 0 spiro atoms. The summed E-state index contributed by atoms with van der Waals surface area (Å²) >= 11 is 0. The molecule has 6 aromatic rings. The van der Waals surface area contributed by atoms with Gasteiger partial charge in [0.05, 0.1) is 46.2 Å². The molecule has 11 nitrogen and oxygen atoms in total. The molecule has 0 aliphatic carbocycles. The predicted molar refractivity (Wildman–Crippen MR) is 153 cm³/mol. The molecule has 0 atom stereocenters. The molecule has 0 unspecified atom stereocenters. The highest BCUT2D eigenvalue weighted by atomic mass is 16.1. The molecule has 0 aromatic carbocycles. The fourth-order valence-corrected chi connectivity index (χ4v) is 5.40. The highest BCUT2D eigenvalue weighted by molar-refractivity contribution is 5.98. The van der Waals surface area contributed by atoms with Gasteiger partial charge >= 0.3 is 0 Å². The summed E-state index contributed by atoms with van der Waals surface area (Å²) in [5.74, 6) is 1.24. The van der Waals surface area contributed by atoms with Crippen molar-refractivity contribution in [2.75, 3.05) is 18.4 Å². The van der Waals surface area contributed by atoms with Gasteiger partial charge in [-0.2, -0.15) is 5.10 Å². The van der Waals surface area contributed by atoms with Crippen LogP contribution in [0.5, 0.6) is 0 Å². The Morgan fingerprint density at radius 1 is 1.05 bits per heavy atom. The fraction of sp³-hybridized carbons (Fsp3) is 0.241. The molecular formula is C29H28N10O. The summed E-state index contributed by atoms with van der Waals surface area (Å²) in [5.41, 5.74) is 6.55. The number of H-pyrrole nitrogens is 2. The molecule has 11 heteroatoms. The van der Waals surface area contributed by atoms with E-state index in [1.807, 2.05) is 35.9 Å². The number of imidazole rings is 1. The SMILES string of the molecule is Cc1cn(-c2nccc3[nH]c(-c4n[nH]c5cnc(-c6cncc(NC(=O)CC7CCNCC7)c6)cc45)cc23)cn1. The molecular weight excluding hydrogens is 504 g/mol. The van der Waals surface area contributed by atoms with Gasteiger partial charge in [-0.25, -0.2) is 9.97 Å². The van der Waals surface area contributed by atoms with Crippen molar-refractivity contribution in [2.45, 2.75) is 26.2 Å². The maximum absolute atomic E-state index is 12.7. The zero-order chi connectivity index (χ0) is 27.1. The van der Waals surface area contributed by atoms with E-state index in [9.17, 15) is 4.79 Å². The van der Waals surface area contributed by atoms with Gasteiger partial charge in [0, 0.05) is 41.3 Å². The number of carbonyl (C=O) groups excluding carboxylic acids is 1. The number of carbonyl (C=O) groups is 1. The molecule has 0 bridgehead atoms. The molecule has 1 fully saturated rings. The summed E-state index contributed by atoms with van der Waals surface area (Å²) in [7, 11) is 0. The first-order chi connectivity index (χ1) is 19.6. The number of pyridine rings is 3. The quantitative estimate of drug-likeness (QED) is 0.249. The Morgan fingerprint density at radius 2 is 1.95 bits per heavy atom. The van der Waals surface area contributed by atoms with Crippen LogP contribution in [-0.2, 0) is 4.79 Å². The van der Waals surface area contributed by atoms with Gasteiger partial charge < -0.3 is 15.6 Å². The minimum Gasteiger partial charge on any atom is -0.353 e. The van der Waals surface area contributed by atoms with Gasteiger partial charge in [-0.05, 0) is 63.0 Å². The molecule has 7 heterocycles. The Morgan fingerprint density at radius 3 is 2.80 bits per heavy atom. The molecule has 0 saturated carbocycles. The lowest BCUT2D eigenvalue weighted by molar-refractivity contribution is -0.117. The lowest BCUT2D eigenvalue weighted by atomic mass is 9.94. The third kappa shape index (κ3) is 4.60. The summed E-state index contributed by atoms with van der Waals surface area (Å²) in [6.07, 6.45) is 13.3. The average Bonchev–Trinajstić information content (AvgIpc) is 3.71. The summed E-state index contributed by atoms with van der Waals surface area (Å²) in [6, 6.07) is 7.91. The van der Waals surface area contributed by atoms with Crippen LogP contribution in [0.2, 0.25) is 0 Å². The third-order valence-corrected chi connectivity index (χ3v) is 7.44. The third-order valence-electron chi connectivity index (χ3n) is 7.44. The van der Waals surface area contributed by atoms with E-state index in [2.05, 4.69) is 51.8 Å². The lowest BCUT2D eigenvalue weighted by Gasteiger charge is -2.21. The monoisotopic (exact) mass is 532 g/mol. The first kappa shape index (κ1) is 24.2. The van der Waals surface area contributed by atoms with Crippen LogP contribution < -0.4 is 10.6 Å².